The molecular formula is C11H12ClNO3. The molecule has 4 nitrogen and oxygen atoms in total. The number of nitrogens with one attached hydrogen (secondary N) is 1. The van der Waals surface area contributed by atoms with Gasteiger partial charge >= 0.3 is 11.9 Å². The summed E-state index contributed by atoms with van der Waals surface area (Å²) >= 11 is 5.68. The fraction of sp³-hybridized carbons (Fsp3) is 0.273. The topological polar surface area (TPSA) is 55.4 Å². The van der Waals surface area contributed by atoms with Gasteiger partial charge in [-0.3, -0.25) is 4.79 Å². The number of ether oxygens (including phenoxy) is 1. The molecular weight excluding hydrogens is 230 g/mol. The minimum atomic E-state index is -0.898. The monoisotopic (exact) mass is 241 g/mol. The largest absolute Gasteiger partial charge is 0.456 e. The van der Waals surface area contributed by atoms with Crippen LogP contribution in [-0.2, 0) is 14.3 Å². The molecule has 0 fully saturated rings. The molecule has 1 aromatic rings. The number of rotatable bonds is 2. The van der Waals surface area contributed by atoms with E-state index >= 15 is 0 Å². The molecule has 1 rings (SSSR count). The van der Waals surface area contributed by atoms with Crippen molar-refractivity contribution in [2.24, 2.45) is 0 Å². The summed E-state index contributed by atoms with van der Waals surface area (Å²) in [7, 11) is 0. The summed E-state index contributed by atoms with van der Waals surface area (Å²) in [6.07, 6.45) is -0.316. The second-order valence-electron chi connectivity index (χ2n) is 3.42. The summed E-state index contributed by atoms with van der Waals surface area (Å²) in [5.41, 5.74) is 0.495. The second-order valence-corrected chi connectivity index (χ2v) is 3.85. The predicted octanol–water partition coefficient (Wildman–Crippen LogP) is 2.23. The van der Waals surface area contributed by atoms with E-state index in [1.807, 2.05) is 0 Å². The van der Waals surface area contributed by atoms with Crippen molar-refractivity contribution in [1.82, 2.24) is 0 Å². The highest BCUT2D eigenvalue weighted by atomic mass is 35.5. The fourth-order valence-electron chi connectivity index (χ4n) is 0.983. The molecule has 0 aliphatic carbocycles. The molecule has 0 saturated carbocycles. The zero-order valence-electron chi connectivity index (χ0n) is 8.99. The molecule has 0 aliphatic heterocycles. The second kappa shape index (κ2) is 5.51. The number of benzene rings is 1. The van der Waals surface area contributed by atoms with Crippen molar-refractivity contribution >= 4 is 29.2 Å². The molecule has 1 aromatic carbocycles. The van der Waals surface area contributed by atoms with Crippen LogP contribution in [0.1, 0.15) is 13.8 Å². The maximum atomic E-state index is 11.3. The van der Waals surface area contributed by atoms with Crippen molar-refractivity contribution in [3.8, 4) is 0 Å². The van der Waals surface area contributed by atoms with Gasteiger partial charge in [-0.2, -0.15) is 0 Å². The number of carbonyl (C=O) groups is 2. The summed E-state index contributed by atoms with van der Waals surface area (Å²) in [6.45, 7) is 3.35. The lowest BCUT2D eigenvalue weighted by Crippen LogP contribution is -2.27. The van der Waals surface area contributed by atoms with E-state index < -0.39 is 11.9 Å². The maximum Gasteiger partial charge on any atom is 0.397 e. The maximum absolute atomic E-state index is 11.3. The Bertz CT molecular complexity index is 387. The normalized spacial score (nSPS) is 10.0. The fourth-order valence-corrected chi connectivity index (χ4v) is 1.11. The SMILES string of the molecule is CC(C)OC(=O)C(=O)Nc1ccc(Cl)cc1. The number of amides is 1. The van der Waals surface area contributed by atoms with Crippen LogP contribution < -0.4 is 5.32 Å². The molecule has 0 radical (unpaired) electrons. The lowest BCUT2D eigenvalue weighted by molar-refractivity contribution is -0.155. The predicted molar refractivity (Wildman–Crippen MR) is 61.3 cm³/mol. The quantitative estimate of drug-likeness (QED) is 0.638. The van der Waals surface area contributed by atoms with E-state index in [1.165, 1.54) is 0 Å². The smallest absolute Gasteiger partial charge is 0.397 e. The van der Waals surface area contributed by atoms with Gasteiger partial charge in [0.05, 0.1) is 6.10 Å². The molecule has 0 bridgehead atoms. The van der Waals surface area contributed by atoms with Gasteiger partial charge in [0.2, 0.25) is 0 Å². The van der Waals surface area contributed by atoms with Gasteiger partial charge in [-0.25, -0.2) is 4.79 Å². The van der Waals surface area contributed by atoms with Crippen LogP contribution in [-0.4, -0.2) is 18.0 Å². The Morgan fingerprint density at radius 3 is 2.31 bits per heavy atom. The summed E-state index contributed by atoms with van der Waals surface area (Å²) in [5.74, 6) is -1.69. The van der Waals surface area contributed by atoms with E-state index in [0.29, 0.717) is 10.7 Å². The first-order valence-corrected chi connectivity index (χ1v) is 5.14. The average Bonchev–Trinajstić information content (AvgIpc) is 2.20. The van der Waals surface area contributed by atoms with Crippen molar-refractivity contribution in [3.63, 3.8) is 0 Å². The van der Waals surface area contributed by atoms with E-state index in [2.05, 4.69) is 5.32 Å². The van der Waals surface area contributed by atoms with Crippen LogP contribution in [0, 0.1) is 0 Å². The highest BCUT2D eigenvalue weighted by molar-refractivity contribution is 6.37. The van der Waals surface area contributed by atoms with E-state index in [0.717, 1.165) is 0 Å². The van der Waals surface area contributed by atoms with Gasteiger partial charge in [0.15, 0.2) is 0 Å². The molecule has 5 heteroatoms. The standard InChI is InChI=1S/C11H12ClNO3/c1-7(2)16-11(15)10(14)13-9-5-3-8(12)4-6-9/h3-7H,1-2H3,(H,13,14). The number of hydrogen-bond donors (Lipinski definition) is 1. The Labute approximate surface area is 98.5 Å². The molecule has 0 atom stereocenters. The van der Waals surface area contributed by atoms with Gasteiger partial charge in [0.1, 0.15) is 0 Å². The number of hydrogen-bond acceptors (Lipinski definition) is 3. The molecule has 0 heterocycles. The minimum absolute atomic E-state index is 0.316. The Morgan fingerprint density at radius 2 is 1.81 bits per heavy atom. The van der Waals surface area contributed by atoms with Crippen molar-refractivity contribution in [2.45, 2.75) is 20.0 Å². The zero-order valence-corrected chi connectivity index (χ0v) is 9.75. The molecule has 86 valence electrons. The minimum Gasteiger partial charge on any atom is -0.456 e. The van der Waals surface area contributed by atoms with Crippen LogP contribution in [0.4, 0.5) is 5.69 Å². The number of carbonyl (C=O) groups excluding carboxylic acids is 2. The number of halogens is 1. The average molecular weight is 242 g/mol. The van der Waals surface area contributed by atoms with Crippen molar-refractivity contribution in [2.75, 3.05) is 5.32 Å². The Kier molecular flexibility index (Phi) is 4.31. The van der Waals surface area contributed by atoms with Crippen LogP contribution >= 0.6 is 11.6 Å². The molecule has 0 unspecified atom stereocenters. The van der Waals surface area contributed by atoms with Crippen LogP contribution in [0.2, 0.25) is 5.02 Å². The number of esters is 1. The third kappa shape index (κ3) is 3.90. The lowest BCUT2D eigenvalue weighted by Gasteiger charge is -2.08. The third-order valence-corrected chi connectivity index (χ3v) is 1.88. The van der Waals surface area contributed by atoms with Gasteiger partial charge in [0.25, 0.3) is 0 Å². The van der Waals surface area contributed by atoms with Gasteiger partial charge in [-0.15, -0.1) is 0 Å². The van der Waals surface area contributed by atoms with E-state index in [1.54, 1.807) is 38.1 Å². The molecule has 1 amide bonds. The van der Waals surface area contributed by atoms with Crippen LogP contribution in [0.15, 0.2) is 24.3 Å². The van der Waals surface area contributed by atoms with Crippen LogP contribution in [0.25, 0.3) is 0 Å². The highest BCUT2D eigenvalue weighted by Crippen LogP contribution is 2.13. The molecule has 16 heavy (non-hydrogen) atoms. The number of anilines is 1. The zero-order chi connectivity index (χ0) is 12.1. The van der Waals surface area contributed by atoms with Gasteiger partial charge in [0, 0.05) is 10.7 Å². The first-order chi connectivity index (χ1) is 7.49. The summed E-state index contributed by atoms with van der Waals surface area (Å²) in [6, 6.07) is 6.43. The van der Waals surface area contributed by atoms with Crippen LogP contribution in [0.3, 0.4) is 0 Å². The third-order valence-electron chi connectivity index (χ3n) is 1.63. The highest BCUT2D eigenvalue weighted by Gasteiger charge is 2.16. The lowest BCUT2D eigenvalue weighted by atomic mass is 10.3. The molecule has 0 saturated heterocycles. The van der Waals surface area contributed by atoms with Gasteiger partial charge in [-0.1, -0.05) is 11.6 Å². The Morgan fingerprint density at radius 1 is 1.25 bits per heavy atom. The molecule has 0 aliphatic rings. The Hall–Kier alpha value is -1.55. The first-order valence-electron chi connectivity index (χ1n) is 4.76. The summed E-state index contributed by atoms with van der Waals surface area (Å²) < 4.78 is 4.73. The Balaban J connectivity index is 2.57. The van der Waals surface area contributed by atoms with Gasteiger partial charge < -0.3 is 10.1 Å². The van der Waals surface area contributed by atoms with Crippen molar-refractivity contribution in [3.05, 3.63) is 29.3 Å². The van der Waals surface area contributed by atoms with E-state index in [-0.39, 0.29) is 6.10 Å². The molecule has 0 spiro atoms. The first kappa shape index (κ1) is 12.5. The molecule has 0 aromatic heterocycles. The van der Waals surface area contributed by atoms with Gasteiger partial charge in [-0.05, 0) is 38.1 Å². The van der Waals surface area contributed by atoms with Crippen LogP contribution in [0.5, 0.6) is 0 Å². The summed E-state index contributed by atoms with van der Waals surface area (Å²) in [5, 5.41) is 2.96. The van der Waals surface area contributed by atoms with E-state index in [4.69, 9.17) is 16.3 Å². The van der Waals surface area contributed by atoms with E-state index in [9.17, 15) is 9.59 Å². The van der Waals surface area contributed by atoms with Crippen molar-refractivity contribution in [1.29, 1.82) is 0 Å². The summed E-state index contributed by atoms with van der Waals surface area (Å²) in [4.78, 5) is 22.5. The van der Waals surface area contributed by atoms with Crippen molar-refractivity contribution < 1.29 is 14.3 Å². The molecule has 1 N–H and O–H groups in total.